The van der Waals surface area contributed by atoms with Gasteiger partial charge in [-0.2, -0.15) is 0 Å². The zero-order valence-corrected chi connectivity index (χ0v) is 6.52. The molecule has 1 aliphatic rings. The van der Waals surface area contributed by atoms with Crippen LogP contribution in [0, 0.1) is 0 Å². The summed E-state index contributed by atoms with van der Waals surface area (Å²) in [6.45, 7) is 4.22. The molecule has 0 spiro atoms. The molecule has 1 aliphatic carbocycles. The molecule has 0 fully saturated rings. The second-order valence-corrected chi connectivity index (χ2v) is 2.80. The van der Waals surface area contributed by atoms with Gasteiger partial charge in [0, 0.05) is 12.1 Å². The zero-order valence-electron chi connectivity index (χ0n) is 6.52. The lowest BCUT2D eigenvalue weighted by Crippen LogP contribution is -2.01. The molecule has 2 N–H and O–H groups in total. The molecular formula is C9H13N. The number of allylic oxidation sites excluding steroid dienone is 5. The molecule has 0 aromatic heterocycles. The minimum atomic E-state index is 0.916. The van der Waals surface area contributed by atoms with E-state index in [-0.39, 0.29) is 0 Å². The van der Waals surface area contributed by atoms with Crippen molar-refractivity contribution in [3.63, 3.8) is 0 Å². The quantitative estimate of drug-likeness (QED) is 0.541. The van der Waals surface area contributed by atoms with E-state index in [0.717, 1.165) is 12.1 Å². The summed E-state index contributed by atoms with van der Waals surface area (Å²) in [7, 11) is 0. The molecule has 0 heterocycles. The summed E-state index contributed by atoms with van der Waals surface area (Å²) < 4.78 is 0. The lowest BCUT2D eigenvalue weighted by molar-refractivity contribution is 1.07. The summed E-state index contributed by atoms with van der Waals surface area (Å²) in [4.78, 5) is 0. The maximum atomic E-state index is 5.64. The topological polar surface area (TPSA) is 26.0 Å². The van der Waals surface area contributed by atoms with E-state index in [1.165, 1.54) is 11.1 Å². The molecule has 0 radical (unpaired) electrons. The minimum Gasteiger partial charge on any atom is -0.402 e. The van der Waals surface area contributed by atoms with E-state index < -0.39 is 0 Å². The molecule has 0 aromatic carbocycles. The van der Waals surface area contributed by atoms with Crippen LogP contribution in [0.3, 0.4) is 0 Å². The molecule has 0 bridgehead atoms. The molecule has 0 saturated carbocycles. The Morgan fingerprint density at radius 2 is 2.20 bits per heavy atom. The van der Waals surface area contributed by atoms with Crippen LogP contribution in [0.1, 0.15) is 20.3 Å². The van der Waals surface area contributed by atoms with Crippen molar-refractivity contribution < 1.29 is 0 Å². The molecule has 54 valence electrons. The maximum absolute atomic E-state index is 5.64. The largest absolute Gasteiger partial charge is 0.402 e. The van der Waals surface area contributed by atoms with Crippen molar-refractivity contribution in [1.29, 1.82) is 0 Å². The van der Waals surface area contributed by atoms with Crippen LogP contribution in [0.25, 0.3) is 0 Å². The molecule has 0 saturated heterocycles. The summed E-state index contributed by atoms with van der Waals surface area (Å²) in [5.41, 5.74) is 9.30. The van der Waals surface area contributed by atoms with Gasteiger partial charge in [-0.05, 0) is 25.5 Å². The first-order valence-corrected chi connectivity index (χ1v) is 3.49. The number of hydrogen-bond acceptors (Lipinski definition) is 1. The summed E-state index contributed by atoms with van der Waals surface area (Å²) in [5.74, 6) is 0. The predicted molar refractivity (Wildman–Crippen MR) is 44.4 cm³/mol. The lowest BCUT2D eigenvalue weighted by atomic mass is 10.0. The van der Waals surface area contributed by atoms with Gasteiger partial charge in [0.1, 0.15) is 0 Å². The standard InChI is InChI=1S/C9H13N/c1-7(2)8-4-3-5-9(10)6-8/h3-5H,6,10H2,1-2H3. The fraction of sp³-hybridized carbons (Fsp3) is 0.333. The Hall–Kier alpha value is -0.980. The van der Waals surface area contributed by atoms with Crippen molar-refractivity contribution >= 4 is 0 Å². The average Bonchev–Trinajstić information content (AvgIpc) is 1.88. The van der Waals surface area contributed by atoms with Crippen LogP contribution in [-0.4, -0.2) is 0 Å². The van der Waals surface area contributed by atoms with Gasteiger partial charge in [-0.15, -0.1) is 0 Å². The third-order valence-corrected chi connectivity index (χ3v) is 1.64. The summed E-state index contributed by atoms with van der Waals surface area (Å²) in [6.07, 6.45) is 6.98. The number of rotatable bonds is 0. The maximum Gasteiger partial charge on any atom is 0.0125 e. The first kappa shape index (κ1) is 7.13. The number of hydrogen-bond donors (Lipinski definition) is 1. The Morgan fingerprint density at radius 3 is 2.60 bits per heavy atom. The van der Waals surface area contributed by atoms with Gasteiger partial charge in [0.2, 0.25) is 0 Å². The third-order valence-electron chi connectivity index (χ3n) is 1.64. The third kappa shape index (κ3) is 1.50. The van der Waals surface area contributed by atoms with Crippen molar-refractivity contribution in [3.05, 3.63) is 35.1 Å². The van der Waals surface area contributed by atoms with Gasteiger partial charge in [-0.25, -0.2) is 0 Å². The van der Waals surface area contributed by atoms with Crippen molar-refractivity contribution in [2.24, 2.45) is 5.73 Å². The van der Waals surface area contributed by atoms with Crippen molar-refractivity contribution in [3.8, 4) is 0 Å². The van der Waals surface area contributed by atoms with Crippen LogP contribution in [0.2, 0.25) is 0 Å². The molecule has 0 amide bonds. The van der Waals surface area contributed by atoms with E-state index in [2.05, 4.69) is 19.9 Å². The van der Waals surface area contributed by atoms with E-state index >= 15 is 0 Å². The molecule has 10 heavy (non-hydrogen) atoms. The SMILES string of the molecule is CC(C)=C1C=CC=C(N)C1. The molecular weight excluding hydrogens is 122 g/mol. The van der Waals surface area contributed by atoms with Crippen LogP contribution >= 0.6 is 0 Å². The van der Waals surface area contributed by atoms with Gasteiger partial charge in [0.15, 0.2) is 0 Å². The van der Waals surface area contributed by atoms with Crippen LogP contribution in [0.15, 0.2) is 35.1 Å². The van der Waals surface area contributed by atoms with Gasteiger partial charge in [-0.3, -0.25) is 0 Å². The highest BCUT2D eigenvalue weighted by atomic mass is 14.6. The zero-order chi connectivity index (χ0) is 7.56. The molecule has 1 nitrogen and oxygen atoms in total. The first-order chi connectivity index (χ1) is 4.70. The van der Waals surface area contributed by atoms with E-state index in [1.54, 1.807) is 0 Å². The normalized spacial score (nSPS) is 17.0. The Bertz CT molecular complexity index is 215. The Balaban J connectivity index is 2.83. The molecule has 0 unspecified atom stereocenters. The van der Waals surface area contributed by atoms with Crippen molar-refractivity contribution in [2.75, 3.05) is 0 Å². The first-order valence-electron chi connectivity index (χ1n) is 3.49. The number of nitrogens with two attached hydrogens (primary N) is 1. The lowest BCUT2D eigenvalue weighted by Gasteiger charge is -2.08. The predicted octanol–water partition coefficient (Wildman–Crippen LogP) is 2.13. The second-order valence-electron chi connectivity index (χ2n) is 2.80. The highest BCUT2D eigenvalue weighted by Crippen LogP contribution is 2.17. The van der Waals surface area contributed by atoms with Crippen LogP contribution in [0.4, 0.5) is 0 Å². The van der Waals surface area contributed by atoms with E-state index in [0.29, 0.717) is 0 Å². The Morgan fingerprint density at radius 1 is 1.50 bits per heavy atom. The monoisotopic (exact) mass is 135 g/mol. The van der Waals surface area contributed by atoms with E-state index in [1.807, 2.05) is 12.2 Å². The van der Waals surface area contributed by atoms with E-state index in [9.17, 15) is 0 Å². The molecule has 0 aliphatic heterocycles. The summed E-state index contributed by atoms with van der Waals surface area (Å²) in [5, 5.41) is 0. The van der Waals surface area contributed by atoms with Gasteiger partial charge < -0.3 is 5.73 Å². The smallest absolute Gasteiger partial charge is 0.0125 e. The molecule has 1 heteroatoms. The molecule has 0 aromatic rings. The van der Waals surface area contributed by atoms with Gasteiger partial charge in [0.05, 0.1) is 0 Å². The fourth-order valence-electron chi connectivity index (χ4n) is 0.969. The average molecular weight is 135 g/mol. The Kier molecular flexibility index (Phi) is 1.95. The van der Waals surface area contributed by atoms with Crippen molar-refractivity contribution in [1.82, 2.24) is 0 Å². The van der Waals surface area contributed by atoms with Crippen molar-refractivity contribution in [2.45, 2.75) is 20.3 Å². The Labute approximate surface area is 61.9 Å². The molecule has 1 rings (SSSR count). The van der Waals surface area contributed by atoms with Crippen LogP contribution in [0.5, 0.6) is 0 Å². The minimum absolute atomic E-state index is 0.916. The fourth-order valence-corrected chi connectivity index (χ4v) is 0.969. The van der Waals surface area contributed by atoms with E-state index in [4.69, 9.17) is 5.73 Å². The van der Waals surface area contributed by atoms with Crippen LogP contribution < -0.4 is 5.73 Å². The van der Waals surface area contributed by atoms with Crippen LogP contribution in [-0.2, 0) is 0 Å². The molecule has 0 atom stereocenters. The highest BCUT2D eigenvalue weighted by Gasteiger charge is 2.00. The van der Waals surface area contributed by atoms with Gasteiger partial charge >= 0.3 is 0 Å². The summed E-state index contributed by atoms with van der Waals surface area (Å²) in [6, 6.07) is 0. The van der Waals surface area contributed by atoms with Gasteiger partial charge in [-0.1, -0.05) is 17.7 Å². The second kappa shape index (κ2) is 2.74. The highest BCUT2D eigenvalue weighted by molar-refractivity contribution is 5.35. The van der Waals surface area contributed by atoms with Gasteiger partial charge in [0.25, 0.3) is 0 Å². The summed E-state index contributed by atoms with van der Waals surface area (Å²) >= 11 is 0.